The molecule has 7 nitrogen and oxygen atoms in total. The summed E-state index contributed by atoms with van der Waals surface area (Å²) in [6, 6.07) is 10.1. The van der Waals surface area contributed by atoms with Crippen LogP contribution in [0.3, 0.4) is 0 Å². The molecule has 0 saturated carbocycles. The number of amides is 2. The van der Waals surface area contributed by atoms with Gasteiger partial charge in [-0.05, 0) is 25.1 Å². The van der Waals surface area contributed by atoms with Gasteiger partial charge in [0.1, 0.15) is 6.54 Å². The summed E-state index contributed by atoms with van der Waals surface area (Å²) in [7, 11) is 0. The van der Waals surface area contributed by atoms with Crippen molar-refractivity contribution in [3.63, 3.8) is 0 Å². The van der Waals surface area contributed by atoms with Crippen LogP contribution in [0.4, 0.5) is 11.4 Å². The molecule has 0 bridgehead atoms. The fraction of sp³-hybridized carbons (Fsp3) is 0.176. The van der Waals surface area contributed by atoms with Crippen molar-refractivity contribution in [2.75, 3.05) is 18.4 Å². The Hall–Kier alpha value is -2.64. The highest BCUT2D eigenvalue weighted by molar-refractivity contribution is 6.39. The molecule has 0 radical (unpaired) electrons. The first-order valence-corrected chi connectivity index (χ1v) is 8.36. The quantitative estimate of drug-likeness (QED) is 0.590. The third-order valence-electron chi connectivity index (χ3n) is 3.53. The van der Waals surface area contributed by atoms with Crippen molar-refractivity contribution in [1.82, 2.24) is 4.90 Å². The van der Waals surface area contributed by atoms with E-state index in [9.17, 15) is 19.7 Å². The highest BCUT2D eigenvalue weighted by Gasteiger charge is 2.20. The molecule has 2 aromatic carbocycles. The van der Waals surface area contributed by atoms with Gasteiger partial charge in [-0.2, -0.15) is 0 Å². The predicted molar refractivity (Wildman–Crippen MR) is 99.8 cm³/mol. The van der Waals surface area contributed by atoms with E-state index in [4.69, 9.17) is 23.2 Å². The average molecular weight is 396 g/mol. The number of anilines is 1. The van der Waals surface area contributed by atoms with Crippen LogP contribution in [-0.2, 0) is 4.79 Å². The van der Waals surface area contributed by atoms with Crippen LogP contribution in [0.2, 0.25) is 10.0 Å². The number of halogens is 2. The number of hydrogen-bond donors (Lipinski definition) is 1. The van der Waals surface area contributed by atoms with Gasteiger partial charge in [0.05, 0.1) is 20.7 Å². The number of para-hydroxylation sites is 1. The van der Waals surface area contributed by atoms with Crippen molar-refractivity contribution in [1.29, 1.82) is 0 Å². The zero-order valence-electron chi connectivity index (χ0n) is 13.7. The number of carbonyl (C=O) groups is 2. The summed E-state index contributed by atoms with van der Waals surface area (Å²) in [6.45, 7) is 1.69. The Morgan fingerprint density at radius 1 is 1.15 bits per heavy atom. The number of carbonyl (C=O) groups excluding carboxylic acids is 2. The highest BCUT2D eigenvalue weighted by Crippen LogP contribution is 2.29. The van der Waals surface area contributed by atoms with E-state index in [2.05, 4.69) is 5.32 Å². The second-order valence-corrected chi connectivity index (χ2v) is 6.09. The maximum Gasteiger partial charge on any atom is 0.270 e. The summed E-state index contributed by atoms with van der Waals surface area (Å²) in [5, 5.41) is 14.0. The molecule has 0 spiro atoms. The van der Waals surface area contributed by atoms with E-state index in [-0.39, 0.29) is 40.1 Å². The molecular weight excluding hydrogens is 381 g/mol. The maximum atomic E-state index is 12.5. The van der Waals surface area contributed by atoms with Gasteiger partial charge in [0, 0.05) is 24.2 Å². The number of benzene rings is 2. The van der Waals surface area contributed by atoms with Gasteiger partial charge >= 0.3 is 0 Å². The molecule has 0 saturated heterocycles. The molecule has 136 valence electrons. The molecule has 0 fully saturated rings. The van der Waals surface area contributed by atoms with Gasteiger partial charge in [-0.15, -0.1) is 0 Å². The Morgan fingerprint density at radius 3 is 2.35 bits per heavy atom. The Morgan fingerprint density at radius 2 is 1.77 bits per heavy atom. The fourth-order valence-corrected chi connectivity index (χ4v) is 2.72. The van der Waals surface area contributed by atoms with Crippen molar-refractivity contribution in [3.8, 4) is 0 Å². The number of nitro groups is 1. The molecule has 1 N–H and O–H groups in total. The summed E-state index contributed by atoms with van der Waals surface area (Å²) >= 11 is 12.0. The third kappa shape index (κ3) is 4.71. The lowest BCUT2D eigenvalue weighted by Crippen LogP contribution is -2.38. The zero-order valence-corrected chi connectivity index (χ0v) is 15.3. The van der Waals surface area contributed by atoms with Crippen LogP contribution >= 0.6 is 23.2 Å². The molecule has 0 atom stereocenters. The van der Waals surface area contributed by atoms with Gasteiger partial charge in [0.25, 0.3) is 11.6 Å². The topological polar surface area (TPSA) is 92.6 Å². The van der Waals surface area contributed by atoms with Gasteiger partial charge in [0.2, 0.25) is 5.91 Å². The van der Waals surface area contributed by atoms with Crippen molar-refractivity contribution >= 4 is 46.4 Å². The largest absolute Gasteiger partial charge is 0.330 e. The van der Waals surface area contributed by atoms with Crippen LogP contribution in [0, 0.1) is 10.1 Å². The van der Waals surface area contributed by atoms with E-state index in [1.165, 1.54) is 29.2 Å². The predicted octanol–water partition coefficient (Wildman–Crippen LogP) is 4.00. The molecule has 0 unspecified atom stereocenters. The lowest BCUT2D eigenvalue weighted by atomic mass is 10.1. The zero-order chi connectivity index (χ0) is 19.3. The monoisotopic (exact) mass is 395 g/mol. The van der Waals surface area contributed by atoms with Crippen LogP contribution < -0.4 is 5.32 Å². The Bertz CT molecular complexity index is 837. The van der Waals surface area contributed by atoms with Gasteiger partial charge in [-0.25, -0.2) is 0 Å². The second-order valence-electron chi connectivity index (χ2n) is 5.27. The first-order valence-electron chi connectivity index (χ1n) is 7.61. The van der Waals surface area contributed by atoms with E-state index in [0.717, 1.165) is 0 Å². The summed E-state index contributed by atoms with van der Waals surface area (Å²) in [4.78, 5) is 36.3. The summed E-state index contributed by atoms with van der Waals surface area (Å²) < 4.78 is 0. The Labute approximate surface area is 159 Å². The van der Waals surface area contributed by atoms with E-state index in [1.54, 1.807) is 25.1 Å². The Kier molecular flexibility index (Phi) is 6.54. The van der Waals surface area contributed by atoms with Gasteiger partial charge in [-0.1, -0.05) is 35.3 Å². The minimum atomic E-state index is -0.584. The summed E-state index contributed by atoms with van der Waals surface area (Å²) in [5.41, 5.74) is 0.198. The van der Waals surface area contributed by atoms with Gasteiger partial charge < -0.3 is 10.2 Å². The molecule has 2 aromatic rings. The van der Waals surface area contributed by atoms with Crippen LogP contribution in [-0.4, -0.2) is 34.7 Å². The second kappa shape index (κ2) is 8.64. The fourth-order valence-electron chi connectivity index (χ4n) is 2.23. The first kappa shape index (κ1) is 19.7. The van der Waals surface area contributed by atoms with E-state index in [1.807, 2.05) is 0 Å². The van der Waals surface area contributed by atoms with Crippen LogP contribution in [0.5, 0.6) is 0 Å². The lowest BCUT2D eigenvalue weighted by Gasteiger charge is -2.20. The number of nitrogens with one attached hydrogen (secondary N) is 1. The molecule has 9 heteroatoms. The molecular formula is C17H15Cl2N3O4. The SMILES string of the molecule is CCN(CC(=O)Nc1c(Cl)cccc1Cl)C(=O)c1cccc([N+](=O)[O-])c1. The summed E-state index contributed by atoms with van der Waals surface area (Å²) in [5.74, 6) is -0.975. The van der Waals surface area contributed by atoms with Crippen molar-refractivity contribution in [3.05, 3.63) is 68.2 Å². The molecule has 0 aliphatic heterocycles. The minimum Gasteiger partial charge on any atom is -0.330 e. The standard InChI is InChI=1S/C17H15Cl2N3O4/c1-2-21(17(24)11-5-3-6-12(9-11)22(25)26)10-15(23)20-16-13(18)7-4-8-14(16)19/h3-9H,2,10H2,1H3,(H,20,23). The van der Waals surface area contributed by atoms with Gasteiger partial charge in [-0.3, -0.25) is 19.7 Å². The smallest absolute Gasteiger partial charge is 0.270 e. The minimum absolute atomic E-state index is 0.129. The van der Waals surface area contributed by atoms with E-state index < -0.39 is 16.7 Å². The molecule has 0 aliphatic carbocycles. The van der Waals surface area contributed by atoms with Crippen LogP contribution in [0.25, 0.3) is 0 Å². The number of nitro benzene ring substituents is 1. The normalized spacial score (nSPS) is 10.3. The van der Waals surface area contributed by atoms with Crippen molar-refractivity contribution in [2.45, 2.75) is 6.92 Å². The lowest BCUT2D eigenvalue weighted by molar-refractivity contribution is -0.384. The van der Waals surface area contributed by atoms with Crippen LogP contribution in [0.15, 0.2) is 42.5 Å². The van der Waals surface area contributed by atoms with Gasteiger partial charge in [0.15, 0.2) is 0 Å². The van der Waals surface area contributed by atoms with Crippen molar-refractivity contribution in [2.24, 2.45) is 0 Å². The molecule has 2 rings (SSSR count). The van der Waals surface area contributed by atoms with E-state index in [0.29, 0.717) is 0 Å². The maximum absolute atomic E-state index is 12.5. The number of non-ortho nitro benzene ring substituents is 1. The number of likely N-dealkylation sites (N-methyl/N-ethyl adjacent to an activating group) is 1. The Balaban J connectivity index is 2.13. The number of hydrogen-bond acceptors (Lipinski definition) is 4. The molecule has 0 heterocycles. The summed E-state index contributed by atoms with van der Waals surface area (Å²) in [6.07, 6.45) is 0. The van der Waals surface area contributed by atoms with Crippen LogP contribution in [0.1, 0.15) is 17.3 Å². The van der Waals surface area contributed by atoms with Crippen molar-refractivity contribution < 1.29 is 14.5 Å². The number of nitrogens with zero attached hydrogens (tertiary/aromatic N) is 2. The van der Waals surface area contributed by atoms with E-state index >= 15 is 0 Å². The number of rotatable bonds is 6. The highest BCUT2D eigenvalue weighted by atomic mass is 35.5. The third-order valence-corrected chi connectivity index (χ3v) is 4.16. The average Bonchev–Trinajstić information content (AvgIpc) is 2.62. The molecule has 2 amide bonds. The first-order chi connectivity index (χ1) is 12.3. The molecule has 0 aromatic heterocycles. The molecule has 0 aliphatic rings. The molecule has 26 heavy (non-hydrogen) atoms.